The van der Waals surface area contributed by atoms with Crippen LogP contribution < -0.4 is 5.32 Å². The van der Waals surface area contributed by atoms with Gasteiger partial charge in [0, 0.05) is 12.2 Å². The van der Waals surface area contributed by atoms with Gasteiger partial charge in [-0.15, -0.1) is 0 Å². The first-order valence-electron chi connectivity index (χ1n) is 8.92. The topological polar surface area (TPSA) is 52.6 Å². The van der Waals surface area contributed by atoms with E-state index in [4.69, 9.17) is 0 Å². The van der Waals surface area contributed by atoms with Gasteiger partial charge in [0.1, 0.15) is 0 Å². The molecule has 0 aliphatic carbocycles. The lowest BCUT2D eigenvalue weighted by Crippen LogP contribution is -2.42. The molecule has 0 heterocycles. The summed E-state index contributed by atoms with van der Waals surface area (Å²) in [4.78, 5) is 14.5. The van der Waals surface area contributed by atoms with Crippen molar-refractivity contribution in [2.24, 2.45) is 0 Å². The zero-order chi connectivity index (χ0) is 18.5. The van der Waals surface area contributed by atoms with Crippen molar-refractivity contribution >= 4 is 11.6 Å². The predicted molar refractivity (Wildman–Crippen MR) is 102 cm³/mol. The maximum Gasteiger partial charge on any atom is 0.238 e. The van der Waals surface area contributed by atoms with Crippen LogP contribution in [-0.4, -0.2) is 41.1 Å². The molecule has 4 nitrogen and oxygen atoms in total. The number of para-hydroxylation sites is 1. The Labute approximate surface area is 147 Å². The van der Waals surface area contributed by atoms with Crippen molar-refractivity contribution < 1.29 is 9.90 Å². The Kier molecular flexibility index (Phi) is 7.43. The monoisotopic (exact) mass is 334 g/mol. The quantitative estimate of drug-likeness (QED) is 0.756. The number of likely N-dealkylation sites (N-methyl/N-ethyl adjacent to an activating group) is 1. The summed E-state index contributed by atoms with van der Waals surface area (Å²) in [6.45, 7) is 15.6. The van der Waals surface area contributed by atoms with Gasteiger partial charge in [0.25, 0.3) is 0 Å². The summed E-state index contributed by atoms with van der Waals surface area (Å²) >= 11 is 0. The molecule has 0 fully saturated rings. The van der Waals surface area contributed by atoms with E-state index in [2.05, 4.69) is 51.2 Å². The number of carbonyl (C=O) groups excluding carboxylic acids is 1. The van der Waals surface area contributed by atoms with Crippen molar-refractivity contribution in [3.05, 3.63) is 29.3 Å². The van der Waals surface area contributed by atoms with Gasteiger partial charge in [-0.05, 0) is 43.4 Å². The highest BCUT2D eigenvalue weighted by Gasteiger charge is 2.21. The van der Waals surface area contributed by atoms with Gasteiger partial charge in [0.2, 0.25) is 5.91 Å². The lowest BCUT2D eigenvalue weighted by Gasteiger charge is -2.28. The fourth-order valence-electron chi connectivity index (χ4n) is 2.90. The number of hydrogen-bond donors (Lipinski definition) is 2. The van der Waals surface area contributed by atoms with Gasteiger partial charge >= 0.3 is 0 Å². The zero-order valence-corrected chi connectivity index (χ0v) is 16.3. The second-order valence-electron chi connectivity index (χ2n) is 7.78. The molecular formula is C20H34N2O2. The van der Waals surface area contributed by atoms with Crippen LogP contribution in [0.25, 0.3) is 0 Å². The molecule has 0 radical (unpaired) electrons. The van der Waals surface area contributed by atoms with Crippen molar-refractivity contribution in [2.75, 3.05) is 25.0 Å². The molecular weight excluding hydrogens is 300 g/mol. The highest BCUT2D eigenvalue weighted by molar-refractivity contribution is 5.94. The van der Waals surface area contributed by atoms with Gasteiger partial charge in [-0.2, -0.15) is 0 Å². The van der Waals surface area contributed by atoms with E-state index in [0.717, 1.165) is 12.2 Å². The van der Waals surface area contributed by atoms with Crippen molar-refractivity contribution in [3.8, 4) is 0 Å². The molecule has 0 aliphatic heterocycles. The maximum absolute atomic E-state index is 12.6. The fraction of sp³-hybridized carbons (Fsp3) is 0.650. The molecule has 0 saturated carbocycles. The van der Waals surface area contributed by atoms with Crippen LogP contribution in [0.15, 0.2) is 18.2 Å². The van der Waals surface area contributed by atoms with E-state index in [1.165, 1.54) is 11.1 Å². The van der Waals surface area contributed by atoms with E-state index in [0.29, 0.717) is 18.4 Å². The van der Waals surface area contributed by atoms with Crippen molar-refractivity contribution in [1.29, 1.82) is 0 Å². The molecule has 1 aromatic rings. The van der Waals surface area contributed by atoms with Crippen molar-refractivity contribution in [3.63, 3.8) is 0 Å². The van der Waals surface area contributed by atoms with E-state index >= 15 is 0 Å². The Bertz CT molecular complexity index is 519. The first kappa shape index (κ1) is 20.7. The van der Waals surface area contributed by atoms with Gasteiger partial charge in [-0.1, -0.05) is 52.8 Å². The number of nitrogens with one attached hydrogen (secondary N) is 1. The van der Waals surface area contributed by atoms with Gasteiger partial charge in [-0.3, -0.25) is 9.69 Å². The summed E-state index contributed by atoms with van der Waals surface area (Å²) in [6.07, 6.45) is 0. The summed E-state index contributed by atoms with van der Waals surface area (Å²) in [5, 5.41) is 13.1. The molecule has 0 atom stereocenters. The fourth-order valence-corrected chi connectivity index (χ4v) is 2.90. The number of amides is 1. The van der Waals surface area contributed by atoms with Crippen LogP contribution in [0.4, 0.5) is 5.69 Å². The predicted octanol–water partition coefficient (Wildman–Crippen LogP) is 3.96. The number of anilines is 1. The van der Waals surface area contributed by atoms with Gasteiger partial charge in [-0.25, -0.2) is 0 Å². The molecule has 0 bridgehead atoms. The molecule has 1 rings (SSSR count). The molecule has 0 unspecified atom stereocenters. The van der Waals surface area contributed by atoms with Crippen molar-refractivity contribution in [2.45, 2.75) is 65.9 Å². The van der Waals surface area contributed by atoms with E-state index in [1.54, 1.807) is 13.8 Å². The number of nitrogens with zero attached hydrogens (tertiary/aromatic N) is 1. The second kappa shape index (κ2) is 8.63. The molecule has 0 saturated heterocycles. The highest BCUT2D eigenvalue weighted by atomic mass is 16.3. The Balaban J connectivity index is 2.97. The molecule has 1 aromatic carbocycles. The SMILES string of the molecule is CCN(CC(=O)Nc1c(C(C)C)cccc1C(C)C)CC(C)(C)O. The number of rotatable bonds is 8. The number of benzene rings is 1. The smallest absolute Gasteiger partial charge is 0.238 e. The summed E-state index contributed by atoms with van der Waals surface area (Å²) in [5.41, 5.74) is 2.47. The first-order chi connectivity index (χ1) is 11.0. The zero-order valence-electron chi connectivity index (χ0n) is 16.3. The second-order valence-corrected chi connectivity index (χ2v) is 7.78. The molecule has 0 aromatic heterocycles. The van der Waals surface area contributed by atoms with Crippen LogP contribution in [0.3, 0.4) is 0 Å². The average molecular weight is 335 g/mol. The summed E-state index contributed by atoms with van der Waals surface area (Å²) in [5.74, 6) is 0.659. The Hall–Kier alpha value is -1.39. The van der Waals surface area contributed by atoms with E-state index in [9.17, 15) is 9.90 Å². The third-order valence-corrected chi connectivity index (χ3v) is 4.06. The number of aliphatic hydroxyl groups is 1. The number of carbonyl (C=O) groups is 1. The van der Waals surface area contributed by atoms with Crippen LogP contribution in [0.5, 0.6) is 0 Å². The minimum atomic E-state index is -0.810. The molecule has 24 heavy (non-hydrogen) atoms. The van der Waals surface area contributed by atoms with Crippen LogP contribution in [0.2, 0.25) is 0 Å². The number of hydrogen-bond acceptors (Lipinski definition) is 3. The largest absolute Gasteiger partial charge is 0.389 e. The lowest BCUT2D eigenvalue weighted by atomic mass is 9.92. The van der Waals surface area contributed by atoms with Gasteiger partial charge < -0.3 is 10.4 Å². The normalized spacial score (nSPS) is 12.3. The summed E-state index contributed by atoms with van der Waals surface area (Å²) in [7, 11) is 0. The average Bonchev–Trinajstić information content (AvgIpc) is 2.44. The lowest BCUT2D eigenvalue weighted by molar-refractivity contribution is -0.117. The van der Waals surface area contributed by atoms with Gasteiger partial charge in [0.15, 0.2) is 0 Å². The molecule has 1 amide bonds. The maximum atomic E-state index is 12.6. The van der Waals surface area contributed by atoms with Gasteiger partial charge in [0.05, 0.1) is 12.1 Å². The molecule has 4 heteroatoms. The minimum Gasteiger partial charge on any atom is -0.389 e. The standard InChI is InChI=1S/C20H34N2O2/c1-8-22(13-20(6,7)24)12-18(23)21-19-16(14(2)3)10-9-11-17(19)15(4)5/h9-11,14-15,24H,8,12-13H2,1-7H3,(H,21,23). The third-order valence-electron chi connectivity index (χ3n) is 4.06. The Morgan fingerprint density at radius 2 is 1.67 bits per heavy atom. The molecule has 0 spiro atoms. The Morgan fingerprint density at radius 3 is 2.04 bits per heavy atom. The van der Waals surface area contributed by atoms with E-state index in [1.807, 2.05) is 11.8 Å². The van der Waals surface area contributed by atoms with Crippen LogP contribution in [0, 0.1) is 0 Å². The highest BCUT2D eigenvalue weighted by Crippen LogP contribution is 2.32. The molecule has 0 aliphatic rings. The van der Waals surface area contributed by atoms with Crippen LogP contribution in [0.1, 0.15) is 71.4 Å². The van der Waals surface area contributed by atoms with E-state index < -0.39 is 5.60 Å². The first-order valence-corrected chi connectivity index (χ1v) is 8.92. The van der Waals surface area contributed by atoms with Crippen molar-refractivity contribution in [1.82, 2.24) is 4.90 Å². The molecule has 136 valence electrons. The van der Waals surface area contributed by atoms with Crippen LogP contribution >= 0.6 is 0 Å². The van der Waals surface area contributed by atoms with E-state index in [-0.39, 0.29) is 12.5 Å². The summed E-state index contributed by atoms with van der Waals surface area (Å²) in [6, 6.07) is 6.23. The third kappa shape index (κ3) is 6.25. The summed E-state index contributed by atoms with van der Waals surface area (Å²) < 4.78 is 0. The Morgan fingerprint density at radius 1 is 1.17 bits per heavy atom. The minimum absolute atomic E-state index is 0.0314. The molecule has 2 N–H and O–H groups in total. The van der Waals surface area contributed by atoms with Crippen LogP contribution in [-0.2, 0) is 4.79 Å².